The van der Waals surface area contributed by atoms with E-state index in [1.165, 1.54) is 29.8 Å². The van der Waals surface area contributed by atoms with E-state index in [0.29, 0.717) is 5.56 Å². The van der Waals surface area contributed by atoms with E-state index in [1.807, 2.05) is 27.0 Å². The van der Waals surface area contributed by atoms with Gasteiger partial charge in [-0.05, 0) is 54.5 Å². The topological polar surface area (TPSA) is 3.88 Å². The van der Waals surface area contributed by atoms with Gasteiger partial charge in [0.1, 0.15) is 12.9 Å². The number of fused-ring (bicyclic) bond motifs is 1. The van der Waals surface area contributed by atoms with E-state index in [-0.39, 0.29) is 5.82 Å². The number of benzene rings is 2. The van der Waals surface area contributed by atoms with Gasteiger partial charge >= 0.3 is 0 Å². The van der Waals surface area contributed by atoms with Crippen molar-refractivity contribution in [2.45, 2.75) is 58.7 Å². The van der Waals surface area contributed by atoms with E-state index in [1.54, 1.807) is 0 Å². The standard InChI is InChI=1S/C25H31FNSi/c1-16-14-17(2)24(26)23(18(16)3)25-22-11-10-21(15-19(22)12-13-27(25)4)28(5,6)20-8-7-9-20/h10-15,20H,7-9H2,1-6H3/q+1. The molecule has 146 valence electrons. The minimum Gasteiger partial charge on any atom is -0.206 e. The Morgan fingerprint density at radius 1 is 1.00 bits per heavy atom. The third-order valence-electron chi connectivity index (χ3n) is 7.21. The van der Waals surface area contributed by atoms with Gasteiger partial charge in [-0.25, -0.2) is 8.96 Å². The van der Waals surface area contributed by atoms with Crippen molar-refractivity contribution < 1.29 is 8.96 Å². The first-order valence-electron chi connectivity index (χ1n) is 10.4. The zero-order chi connectivity index (χ0) is 20.2. The van der Waals surface area contributed by atoms with Gasteiger partial charge in [-0.15, -0.1) is 0 Å². The molecule has 0 spiro atoms. The maximum atomic E-state index is 15.3. The number of aryl methyl sites for hydroxylation is 3. The van der Waals surface area contributed by atoms with Crippen LogP contribution in [0, 0.1) is 26.6 Å². The zero-order valence-corrected chi connectivity index (χ0v) is 19.0. The predicted octanol–water partition coefficient (Wildman–Crippen LogP) is 5.87. The second-order valence-electron chi connectivity index (χ2n) is 9.25. The molecule has 1 fully saturated rings. The summed E-state index contributed by atoms with van der Waals surface area (Å²) >= 11 is 0. The second-order valence-corrected chi connectivity index (χ2v) is 14.1. The summed E-state index contributed by atoms with van der Waals surface area (Å²) in [6.07, 6.45) is 6.24. The molecule has 0 aliphatic heterocycles. The Morgan fingerprint density at radius 2 is 1.71 bits per heavy atom. The van der Waals surface area contributed by atoms with Crippen LogP contribution in [-0.4, -0.2) is 8.07 Å². The smallest absolute Gasteiger partial charge is 0.206 e. The number of halogens is 1. The van der Waals surface area contributed by atoms with Crippen LogP contribution in [0.2, 0.25) is 18.6 Å². The number of aromatic nitrogens is 1. The number of hydrogen-bond donors (Lipinski definition) is 0. The summed E-state index contributed by atoms with van der Waals surface area (Å²) < 4.78 is 17.3. The Labute approximate surface area is 169 Å². The monoisotopic (exact) mass is 392 g/mol. The molecule has 3 aromatic rings. The molecule has 4 rings (SSSR count). The maximum absolute atomic E-state index is 15.3. The highest BCUT2D eigenvalue weighted by molar-refractivity contribution is 6.91. The molecular formula is C25H31FNSi+. The summed E-state index contributed by atoms with van der Waals surface area (Å²) in [5, 5.41) is 3.89. The van der Waals surface area contributed by atoms with E-state index < -0.39 is 8.07 Å². The Hall–Kier alpha value is -2.00. The largest absolute Gasteiger partial charge is 0.223 e. The molecule has 0 radical (unpaired) electrons. The molecule has 3 heteroatoms. The van der Waals surface area contributed by atoms with Gasteiger partial charge in [-0.2, -0.15) is 0 Å². The Bertz CT molecular complexity index is 1050. The van der Waals surface area contributed by atoms with Crippen molar-refractivity contribution in [1.82, 2.24) is 0 Å². The van der Waals surface area contributed by atoms with Crippen LogP contribution in [0.1, 0.15) is 36.0 Å². The van der Waals surface area contributed by atoms with Crippen LogP contribution in [0.15, 0.2) is 36.5 Å². The van der Waals surface area contributed by atoms with Crippen molar-refractivity contribution in [2.24, 2.45) is 7.05 Å². The van der Waals surface area contributed by atoms with E-state index in [2.05, 4.69) is 55.0 Å². The molecule has 0 unspecified atom stereocenters. The summed E-state index contributed by atoms with van der Waals surface area (Å²) in [4.78, 5) is 0. The van der Waals surface area contributed by atoms with E-state index in [0.717, 1.165) is 33.3 Å². The molecule has 0 saturated heterocycles. The first-order chi connectivity index (χ1) is 13.2. The molecule has 1 aliphatic rings. The molecule has 28 heavy (non-hydrogen) atoms. The van der Waals surface area contributed by atoms with E-state index >= 15 is 4.39 Å². The fourth-order valence-corrected chi connectivity index (χ4v) is 8.15. The molecule has 1 heterocycles. The lowest BCUT2D eigenvalue weighted by molar-refractivity contribution is -0.659. The summed E-state index contributed by atoms with van der Waals surface area (Å²) in [5.74, 6) is -0.0977. The highest BCUT2D eigenvalue weighted by atomic mass is 28.3. The zero-order valence-electron chi connectivity index (χ0n) is 18.0. The fraction of sp³-hybridized carbons (Fsp3) is 0.400. The molecular weight excluding hydrogens is 361 g/mol. The van der Waals surface area contributed by atoms with Crippen LogP contribution < -0.4 is 9.75 Å². The molecule has 2 aromatic carbocycles. The van der Waals surface area contributed by atoms with Crippen molar-refractivity contribution >= 4 is 24.0 Å². The van der Waals surface area contributed by atoms with Crippen LogP contribution in [0.4, 0.5) is 4.39 Å². The van der Waals surface area contributed by atoms with Gasteiger partial charge in [-0.1, -0.05) is 55.7 Å². The van der Waals surface area contributed by atoms with Crippen molar-refractivity contribution in [1.29, 1.82) is 0 Å². The van der Waals surface area contributed by atoms with Gasteiger partial charge in [0.15, 0.2) is 6.20 Å². The van der Waals surface area contributed by atoms with Crippen LogP contribution in [0.25, 0.3) is 22.0 Å². The Balaban J connectivity index is 1.95. The van der Waals surface area contributed by atoms with Gasteiger partial charge in [0, 0.05) is 6.07 Å². The fourth-order valence-electron chi connectivity index (χ4n) is 4.79. The van der Waals surface area contributed by atoms with Crippen molar-refractivity contribution in [3.63, 3.8) is 0 Å². The van der Waals surface area contributed by atoms with Crippen molar-refractivity contribution in [2.75, 3.05) is 0 Å². The highest BCUT2D eigenvalue weighted by Crippen LogP contribution is 2.41. The lowest BCUT2D eigenvalue weighted by Gasteiger charge is -2.39. The number of pyridine rings is 1. The molecule has 0 N–H and O–H groups in total. The minimum atomic E-state index is -1.44. The van der Waals surface area contributed by atoms with Gasteiger partial charge in [0.05, 0.1) is 19.0 Å². The third-order valence-corrected chi connectivity index (χ3v) is 11.6. The lowest BCUT2D eigenvalue weighted by Crippen LogP contribution is -2.48. The summed E-state index contributed by atoms with van der Waals surface area (Å²) in [6, 6.07) is 11.1. The predicted molar refractivity (Wildman–Crippen MR) is 119 cm³/mol. The number of rotatable bonds is 3. The normalized spacial score (nSPS) is 15.1. The van der Waals surface area contributed by atoms with Gasteiger partial charge < -0.3 is 0 Å². The molecule has 0 bridgehead atoms. The van der Waals surface area contributed by atoms with Crippen LogP contribution >= 0.6 is 0 Å². The van der Waals surface area contributed by atoms with Crippen molar-refractivity contribution in [3.05, 3.63) is 59.0 Å². The molecule has 1 aromatic heterocycles. The highest BCUT2D eigenvalue weighted by Gasteiger charge is 2.37. The number of hydrogen-bond acceptors (Lipinski definition) is 0. The van der Waals surface area contributed by atoms with E-state index in [9.17, 15) is 0 Å². The van der Waals surface area contributed by atoms with Crippen LogP contribution in [0.3, 0.4) is 0 Å². The second kappa shape index (κ2) is 6.80. The van der Waals surface area contributed by atoms with Gasteiger partial charge in [-0.3, -0.25) is 0 Å². The Kier molecular flexibility index (Phi) is 4.69. The minimum absolute atomic E-state index is 0.0977. The van der Waals surface area contributed by atoms with Gasteiger partial charge in [0.25, 0.3) is 0 Å². The first-order valence-corrected chi connectivity index (χ1v) is 13.5. The van der Waals surface area contributed by atoms with Gasteiger partial charge in [0.2, 0.25) is 5.69 Å². The SMILES string of the molecule is Cc1cc(C)c(F)c(-c2c3ccc([Si](C)(C)C4CCC4)cc3cc[n+]2C)c1C. The third kappa shape index (κ3) is 2.91. The van der Waals surface area contributed by atoms with Crippen LogP contribution in [-0.2, 0) is 7.05 Å². The Morgan fingerprint density at radius 3 is 2.36 bits per heavy atom. The molecule has 0 amide bonds. The average molecular weight is 393 g/mol. The first kappa shape index (κ1) is 19.3. The maximum Gasteiger partial charge on any atom is 0.223 e. The number of nitrogens with zero attached hydrogens (tertiary/aromatic N) is 1. The van der Waals surface area contributed by atoms with Crippen molar-refractivity contribution in [3.8, 4) is 11.3 Å². The lowest BCUT2D eigenvalue weighted by atomic mass is 9.94. The molecule has 1 nitrogen and oxygen atoms in total. The molecule has 1 aliphatic carbocycles. The van der Waals surface area contributed by atoms with E-state index in [4.69, 9.17) is 0 Å². The van der Waals surface area contributed by atoms with Crippen LogP contribution in [0.5, 0.6) is 0 Å². The average Bonchev–Trinajstić information content (AvgIpc) is 2.59. The summed E-state index contributed by atoms with van der Waals surface area (Å²) in [7, 11) is 0.576. The molecule has 0 atom stereocenters. The molecule has 1 saturated carbocycles. The summed E-state index contributed by atoms with van der Waals surface area (Å²) in [6.45, 7) is 11.0. The quantitative estimate of drug-likeness (QED) is 0.388. The summed E-state index contributed by atoms with van der Waals surface area (Å²) in [5.41, 5.74) is 5.51.